The largest absolute Gasteiger partial charge is 0.388 e. The van der Waals surface area contributed by atoms with Gasteiger partial charge in [-0.05, 0) is 19.8 Å². The third-order valence-corrected chi connectivity index (χ3v) is 3.53. The zero-order valence-corrected chi connectivity index (χ0v) is 14.2. The van der Waals surface area contributed by atoms with Gasteiger partial charge >= 0.3 is 0 Å². The van der Waals surface area contributed by atoms with E-state index >= 15 is 0 Å². The molecule has 0 fully saturated rings. The van der Waals surface area contributed by atoms with Crippen LogP contribution in [0.1, 0.15) is 46.5 Å². The molecule has 3 N–H and O–H groups in total. The Balaban J connectivity index is 2.51. The zero-order chi connectivity index (χ0) is 16.3. The number of nitrogens with zero attached hydrogens (tertiary/aromatic N) is 3. The van der Waals surface area contributed by atoms with Gasteiger partial charge in [0.05, 0.1) is 18.5 Å². The molecule has 0 spiro atoms. The van der Waals surface area contributed by atoms with Crippen molar-refractivity contribution in [2.75, 3.05) is 19.6 Å². The maximum absolute atomic E-state index is 10.6. The summed E-state index contributed by atoms with van der Waals surface area (Å²) in [6.07, 6.45) is 9.03. The van der Waals surface area contributed by atoms with Crippen molar-refractivity contribution in [3.63, 3.8) is 0 Å². The van der Waals surface area contributed by atoms with E-state index in [0.29, 0.717) is 6.54 Å². The van der Waals surface area contributed by atoms with E-state index in [-0.39, 0.29) is 0 Å². The van der Waals surface area contributed by atoms with Crippen LogP contribution in [0, 0.1) is 0 Å². The van der Waals surface area contributed by atoms with Gasteiger partial charge in [0.2, 0.25) is 0 Å². The lowest BCUT2D eigenvalue weighted by atomic mass is 9.93. The van der Waals surface area contributed by atoms with Crippen molar-refractivity contribution in [3.05, 3.63) is 18.7 Å². The summed E-state index contributed by atoms with van der Waals surface area (Å²) < 4.78 is 2.01. The Hall–Kier alpha value is -1.56. The standard InChI is InChI=1S/C16H31N5O/c1-4-7-16(22,8-5-2)13-20-15(18-6-3)19-10-12-21-11-9-17-14-21/h9,11,14,22H,4-8,10,12-13H2,1-3H3,(H2,18,19,20). The molecule has 0 aliphatic heterocycles. The number of hydrogen-bond acceptors (Lipinski definition) is 3. The number of rotatable bonds is 10. The smallest absolute Gasteiger partial charge is 0.191 e. The molecule has 1 heterocycles. The lowest BCUT2D eigenvalue weighted by molar-refractivity contribution is 0.0306. The summed E-state index contributed by atoms with van der Waals surface area (Å²) in [5.41, 5.74) is -0.684. The second kappa shape index (κ2) is 10.2. The Morgan fingerprint density at radius 2 is 1.95 bits per heavy atom. The van der Waals surface area contributed by atoms with Gasteiger partial charge in [-0.2, -0.15) is 0 Å². The highest BCUT2D eigenvalue weighted by Crippen LogP contribution is 2.19. The Labute approximate surface area is 134 Å². The topological polar surface area (TPSA) is 74.5 Å². The molecule has 22 heavy (non-hydrogen) atoms. The van der Waals surface area contributed by atoms with Gasteiger partial charge in [-0.25, -0.2) is 4.98 Å². The van der Waals surface area contributed by atoms with Crippen LogP contribution in [-0.4, -0.2) is 45.9 Å². The zero-order valence-electron chi connectivity index (χ0n) is 14.2. The summed E-state index contributed by atoms with van der Waals surface area (Å²) in [5, 5.41) is 17.1. The first-order valence-electron chi connectivity index (χ1n) is 8.33. The highest BCUT2D eigenvalue weighted by Gasteiger charge is 2.24. The van der Waals surface area contributed by atoms with E-state index < -0.39 is 5.60 Å². The van der Waals surface area contributed by atoms with E-state index in [2.05, 4.69) is 34.5 Å². The summed E-state index contributed by atoms with van der Waals surface area (Å²) in [7, 11) is 0. The fourth-order valence-corrected chi connectivity index (χ4v) is 2.50. The number of hydrogen-bond donors (Lipinski definition) is 3. The summed E-state index contributed by atoms with van der Waals surface area (Å²) >= 11 is 0. The summed E-state index contributed by atoms with van der Waals surface area (Å²) in [6.45, 7) is 9.07. The van der Waals surface area contributed by atoms with Gasteiger partial charge in [-0.1, -0.05) is 26.7 Å². The molecule has 0 radical (unpaired) electrons. The number of aliphatic imine (C=N–C) groups is 1. The van der Waals surface area contributed by atoms with Crippen LogP contribution in [0.4, 0.5) is 0 Å². The van der Waals surface area contributed by atoms with E-state index in [1.807, 2.05) is 17.7 Å². The van der Waals surface area contributed by atoms with Crippen LogP contribution >= 0.6 is 0 Å². The minimum atomic E-state index is -0.684. The van der Waals surface area contributed by atoms with E-state index in [4.69, 9.17) is 0 Å². The Morgan fingerprint density at radius 3 is 2.50 bits per heavy atom. The van der Waals surface area contributed by atoms with Gasteiger partial charge in [-0.3, -0.25) is 4.99 Å². The molecule has 1 rings (SSSR count). The molecule has 0 aliphatic carbocycles. The molecule has 0 saturated heterocycles. The van der Waals surface area contributed by atoms with Gasteiger partial charge in [-0.15, -0.1) is 0 Å². The number of guanidine groups is 1. The molecule has 0 saturated carbocycles. The highest BCUT2D eigenvalue weighted by atomic mass is 16.3. The molecule has 126 valence electrons. The Kier molecular flexibility index (Phi) is 8.58. The first-order chi connectivity index (χ1) is 10.6. The van der Waals surface area contributed by atoms with Crippen LogP contribution in [0.5, 0.6) is 0 Å². The molecule has 0 unspecified atom stereocenters. The van der Waals surface area contributed by atoms with Gasteiger partial charge in [0, 0.05) is 32.0 Å². The van der Waals surface area contributed by atoms with Gasteiger partial charge in [0.1, 0.15) is 0 Å². The second-order valence-corrected chi connectivity index (χ2v) is 5.65. The number of imidazole rings is 1. The maximum Gasteiger partial charge on any atom is 0.191 e. The van der Waals surface area contributed by atoms with Crippen LogP contribution in [0.25, 0.3) is 0 Å². The molecule has 0 aromatic carbocycles. The van der Waals surface area contributed by atoms with E-state index in [1.54, 1.807) is 12.5 Å². The second-order valence-electron chi connectivity index (χ2n) is 5.65. The van der Waals surface area contributed by atoms with Crippen molar-refractivity contribution >= 4 is 5.96 Å². The van der Waals surface area contributed by atoms with Crippen LogP contribution in [0.3, 0.4) is 0 Å². The van der Waals surface area contributed by atoms with Gasteiger partial charge < -0.3 is 20.3 Å². The van der Waals surface area contributed by atoms with Gasteiger partial charge in [0.15, 0.2) is 5.96 Å². The maximum atomic E-state index is 10.6. The van der Waals surface area contributed by atoms with E-state index in [0.717, 1.165) is 51.3 Å². The predicted molar refractivity (Wildman–Crippen MR) is 91.0 cm³/mol. The molecular formula is C16H31N5O. The Bertz CT molecular complexity index is 410. The van der Waals surface area contributed by atoms with Crippen LogP contribution in [-0.2, 0) is 6.54 Å². The van der Waals surface area contributed by atoms with Crippen LogP contribution in [0.15, 0.2) is 23.7 Å². The number of aromatic nitrogens is 2. The Morgan fingerprint density at radius 1 is 1.23 bits per heavy atom. The molecule has 0 atom stereocenters. The molecule has 0 aliphatic rings. The minimum absolute atomic E-state index is 0.440. The molecule has 0 amide bonds. The fraction of sp³-hybridized carbons (Fsp3) is 0.750. The van der Waals surface area contributed by atoms with Crippen molar-refractivity contribution in [1.82, 2.24) is 20.2 Å². The quantitative estimate of drug-likeness (QED) is 0.455. The van der Waals surface area contributed by atoms with Crippen molar-refractivity contribution in [3.8, 4) is 0 Å². The van der Waals surface area contributed by atoms with Gasteiger partial charge in [0.25, 0.3) is 0 Å². The molecule has 1 aromatic rings. The highest BCUT2D eigenvalue weighted by molar-refractivity contribution is 5.79. The van der Waals surface area contributed by atoms with Crippen molar-refractivity contribution in [2.24, 2.45) is 4.99 Å². The molecule has 0 bridgehead atoms. The molecule has 6 heteroatoms. The van der Waals surface area contributed by atoms with Crippen molar-refractivity contribution in [1.29, 1.82) is 0 Å². The van der Waals surface area contributed by atoms with E-state index in [1.165, 1.54) is 0 Å². The number of nitrogens with one attached hydrogen (secondary N) is 2. The van der Waals surface area contributed by atoms with E-state index in [9.17, 15) is 5.11 Å². The first kappa shape index (κ1) is 18.5. The van der Waals surface area contributed by atoms with Crippen LogP contribution in [0.2, 0.25) is 0 Å². The summed E-state index contributed by atoms with van der Waals surface area (Å²) in [5.74, 6) is 0.758. The van der Waals surface area contributed by atoms with Crippen LogP contribution < -0.4 is 10.6 Å². The average Bonchev–Trinajstić information content (AvgIpc) is 2.99. The number of aliphatic hydroxyl groups is 1. The fourth-order valence-electron chi connectivity index (χ4n) is 2.50. The summed E-state index contributed by atoms with van der Waals surface area (Å²) in [6, 6.07) is 0. The lowest BCUT2D eigenvalue weighted by Crippen LogP contribution is -2.41. The third kappa shape index (κ3) is 6.93. The van der Waals surface area contributed by atoms with Crippen molar-refractivity contribution < 1.29 is 5.11 Å². The molecular weight excluding hydrogens is 278 g/mol. The lowest BCUT2D eigenvalue weighted by Gasteiger charge is -2.26. The average molecular weight is 309 g/mol. The predicted octanol–water partition coefficient (Wildman–Crippen LogP) is 1.77. The third-order valence-electron chi connectivity index (χ3n) is 3.53. The molecule has 6 nitrogen and oxygen atoms in total. The monoisotopic (exact) mass is 309 g/mol. The SMILES string of the molecule is CCCC(O)(CCC)CN=C(NCC)NCCn1ccnc1. The molecule has 1 aromatic heterocycles. The normalized spacial score (nSPS) is 12.5. The summed E-state index contributed by atoms with van der Waals surface area (Å²) in [4.78, 5) is 8.58. The van der Waals surface area contributed by atoms with Crippen molar-refractivity contribution in [2.45, 2.75) is 58.6 Å². The first-order valence-corrected chi connectivity index (χ1v) is 8.33. The minimum Gasteiger partial charge on any atom is -0.388 e.